The molecule has 0 saturated carbocycles. The van der Waals surface area contributed by atoms with Crippen LogP contribution in [-0.4, -0.2) is 60.0 Å². The van der Waals surface area contributed by atoms with Crippen molar-refractivity contribution in [2.45, 2.75) is 77.7 Å². The Labute approximate surface area is 187 Å². The van der Waals surface area contributed by atoms with Gasteiger partial charge in [-0.05, 0) is 61.0 Å². The molecule has 2 aliphatic heterocycles. The number of halogens is 2. The van der Waals surface area contributed by atoms with Crippen LogP contribution in [0.25, 0.3) is 0 Å². The quantitative estimate of drug-likeness (QED) is 0.714. The molecular weight excluding hydrogens is 421 g/mol. The number of ether oxygens (including phenoxy) is 1. The Morgan fingerprint density at radius 2 is 1.72 bits per heavy atom. The first-order valence-electron chi connectivity index (χ1n) is 10.7. The molecule has 1 atom stereocenters. The lowest BCUT2D eigenvalue weighted by molar-refractivity contribution is 0.00578. The summed E-state index contributed by atoms with van der Waals surface area (Å²) in [4.78, 5) is 26.2. The van der Waals surface area contributed by atoms with Crippen LogP contribution in [0.3, 0.4) is 0 Å². The van der Waals surface area contributed by atoms with Gasteiger partial charge in [0.1, 0.15) is 5.60 Å². The fourth-order valence-corrected chi connectivity index (χ4v) is 3.59. The molecule has 1 N–H and O–H groups in total. The van der Waals surface area contributed by atoms with Gasteiger partial charge in [-0.25, -0.2) is 13.6 Å². The lowest BCUT2D eigenvalue weighted by atomic mass is 9.78. The molecule has 1 aromatic carbocycles. The minimum atomic E-state index is -1.24. The van der Waals surface area contributed by atoms with Crippen LogP contribution in [0.5, 0.6) is 0 Å². The van der Waals surface area contributed by atoms with E-state index in [4.69, 9.17) is 14.0 Å². The minimum absolute atomic E-state index is 0.0939. The van der Waals surface area contributed by atoms with Gasteiger partial charge in [-0.15, -0.1) is 0 Å². The molecule has 0 aromatic heterocycles. The Morgan fingerprint density at radius 3 is 2.28 bits per heavy atom. The monoisotopic (exact) mass is 452 g/mol. The Bertz CT molecular complexity index is 900. The van der Waals surface area contributed by atoms with Crippen molar-refractivity contribution in [3.8, 4) is 0 Å². The average Bonchev–Trinajstić information content (AvgIpc) is 3.16. The van der Waals surface area contributed by atoms with E-state index in [1.165, 1.54) is 17.0 Å². The van der Waals surface area contributed by atoms with Gasteiger partial charge < -0.3 is 24.3 Å². The molecule has 2 fully saturated rings. The van der Waals surface area contributed by atoms with Gasteiger partial charge in [0.05, 0.1) is 22.8 Å². The molecule has 32 heavy (non-hydrogen) atoms. The molecular formula is C22H31BF2N2O5. The molecule has 176 valence electrons. The highest BCUT2D eigenvalue weighted by molar-refractivity contribution is 6.62. The largest absolute Gasteiger partial charge is 0.497 e. The molecule has 0 bridgehead atoms. The van der Waals surface area contributed by atoms with E-state index in [0.717, 1.165) is 0 Å². The summed E-state index contributed by atoms with van der Waals surface area (Å²) in [6.45, 7) is 13.0. The first-order chi connectivity index (χ1) is 14.6. The van der Waals surface area contributed by atoms with E-state index >= 15 is 0 Å². The van der Waals surface area contributed by atoms with Gasteiger partial charge in [-0.3, -0.25) is 4.79 Å². The number of hydrogen-bond donors (Lipinski definition) is 1. The van der Waals surface area contributed by atoms with Crippen molar-refractivity contribution in [3.05, 3.63) is 29.3 Å². The standard InChI is InChI=1S/C22H31BF2N2O5/c1-20(2,3)30-19(29)26-13-10-11-27(12-13)18(28)14-8-9-15(17(25)16(14)24)23-31-21(4,5)22(6,7)32-23/h8-9,13H,10-12H2,1-7H3,(H,26,29)/t13-/m1/s1. The summed E-state index contributed by atoms with van der Waals surface area (Å²) in [5, 5.41) is 2.70. The normalized spacial score (nSPS) is 22.2. The SMILES string of the molecule is CC(C)(C)OC(=O)N[C@@H]1CCN(C(=O)c2ccc(B3OC(C)(C)C(C)(C)O3)c(F)c2F)C1. The van der Waals surface area contributed by atoms with Crippen molar-refractivity contribution in [2.75, 3.05) is 13.1 Å². The number of likely N-dealkylation sites (tertiary alicyclic amines) is 1. The molecule has 0 unspecified atom stereocenters. The first kappa shape index (κ1) is 24.4. The van der Waals surface area contributed by atoms with Gasteiger partial charge in [0.2, 0.25) is 0 Å². The van der Waals surface area contributed by atoms with Crippen LogP contribution in [0, 0.1) is 11.6 Å². The van der Waals surface area contributed by atoms with E-state index in [2.05, 4.69) is 5.32 Å². The Morgan fingerprint density at radius 1 is 1.12 bits per heavy atom. The van der Waals surface area contributed by atoms with Crippen LogP contribution >= 0.6 is 0 Å². The maximum atomic E-state index is 14.9. The van der Waals surface area contributed by atoms with Crippen molar-refractivity contribution in [3.63, 3.8) is 0 Å². The second-order valence-corrected chi connectivity index (χ2v) is 10.3. The molecule has 2 amide bonds. The number of alkyl carbamates (subject to hydrolysis) is 1. The summed E-state index contributed by atoms with van der Waals surface area (Å²) in [7, 11) is -1.08. The van der Waals surface area contributed by atoms with Crippen LogP contribution in [0.1, 0.15) is 65.2 Å². The first-order valence-corrected chi connectivity index (χ1v) is 10.7. The minimum Gasteiger partial charge on any atom is -0.444 e. The third-order valence-corrected chi connectivity index (χ3v) is 6.05. The smallest absolute Gasteiger partial charge is 0.444 e. The van der Waals surface area contributed by atoms with Gasteiger partial charge in [-0.2, -0.15) is 0 Å². The predicted octanol–water partition coefficient (Wildman–Crippen LogP) is 3.00. The number of carbonyl (C=O) groups excluding carboxylic acids is 2. The number of rotatable bonds is 3. The van der Waals surface area contributed by atoms with E-state index in [0.29, 0.717) is 13.0 Å². The number of hydrogen-bond acceptors (Lipinski definition) is 5. The second-order valence-electron chi connectivity index (χ2n) is 10.3. The molecule has 0 radical (unpaired) electrons. The van der Waals surface area contributed by atoms with E-state index in [1.54, 1.807) is 20.8 Å². The molecule has 3 rings (SSSR count). The van der Waals surface area contributed by atoms with Crippen LogP contribution in [-0.2, 0) is 14.0 Å². The number of nitrogens with zero attached hydrogens (tertiary/aromatic N) is 1. The fourth-order valence-electron chi connectivity index (χ4n) is 3.59. The summed E-state index contributed by atoms with van der Waals surface area (Å²) >= 11 is 0. The molecule has 7 nitrogen and oxygen atoms in total. The van der Waals surface area contributed by atoms with E-state index in [9.17, 15) is 18.4 Å². The lowest BCUT2D eigenvalue weighted by Crippen LogP contribution is -2.41. The summed E-state index contributed by atoms with van der Waals surface area (Å²) in [5.74, 6) is -3.06. The molecule has 0 aliphatic carbocycles. The topological polar surface area (TPSA) is 77.1 Å². The zero-order valence-electron chi connectivity index (χ0n) is 19.7. The summed E-state index contributed by atoms with van der Waals surface area (Å²) in [6, 6.07) is 2.24. The van der Waals surface area contributed by atoms with Crippen LogP contribution in [0.15, 0.2) is 12.1 Å². The van der Waals surface area contributed by atoms with Crippen molar-refractivity contribution in [1.29, 1.82) is 0 Å². The molecule has 2 heterocycles. The van der Waals surface area contributed by atoms with Gasteiger partial charge in [0.25, 0.3) is 5.91 Å². The zero-order valence-corrected chi connectivity index (χ0v) is 19.7. The number of benzene rings is 1. The molecule has 2 aliphatic rings. The highest BCUT2D eigenvalue weighted by Crippen LogP contribution is 2.36. The predicted molar refractivity (Wildman–Crippen MR) is 116 cm³/mol. The highest BCUT2D eigenvalue weighted by Gasteiger charge is 2.52. The van der Waals surface area contributed by atoms with Gasteiger partial charge in [-0.1, -0.05) is 6.07 Å². The molecule has 10 heteroatoms. The zero-order chi connectivity index (χ0) is 24.1. The van der Waals surface area contributed by atoms with Crippen LogP contribution in [0.4, 0.5) is 13.6 Å². The van der Waals surface area contributed by atoms with Gasteiger partial charge in [0.15, 0.2) is 11.6 Å². The third kappa shape index (κ3) is 4.91. The molecule has 0 spiro atoms. The second kappa shape index (κ2) is 8.30. The van der Waals surface area contributed by atoms with E-state index < -0.39 is 47.6 Å². The van der Waals surface area contributed by atoms with Crippen molar-refractivity contribution < 1.29 is 32.4 Å². The van der Waals surface area contributed by atoms with Gasteiger partial charge >= 0.3 is 13.2 Å². The number of nitrogens with one attached hydrogen (secondary N) is 1. The number of carbonyl (C=O) groups is 2. The van der Waals surface area contributed by atoms with E-state index in [-0.39, 0.29) is 23.6 Å². The fraction of sp³-hybridized carbons (Fsp3) is 0.636. The van der Waals surface area contributed by atoms with Crippen molar-refractivity contribution >= 4 is 24.6 Å². The van der Waals surface area contributed by atoms with Crippen molar-refractivity contribution in [1.82, 2.24) is 10.2 Å². The average molecular weight is 452 g/mol. The highest BCUT2D eigenvalue weighted by atomic mass is 19.2. The van der Waals surface area contributed by atoms with Gasteiger partial charge in [0, 0.05) is 18.6 Å². The Hall–Kier alpha value is -2.20. The maximum absolute atomic E-state index is 14.9. The van der Waals surface area contributed by atoms with Crippen molar-refractivity contribution in [2.24, 2.45) is 0 Å². The Balaban J connectivity index is 1.70. The molecule has 2 saturated heterocycles. The van der Waals surface area contributed by atoms with Crippen LogP contribution in [0.2, 0.25) is 0 Å². The summed E-state index contributed by atoms with van der Waals surface area (Å²) in [5.41, 5.74) is -2.52. The third-order valence-electron chi connectivity index (χ3n) is 6.05. The number of amides is 2. The van der Waals surface area contributed by atoms with Crippen LogP contribution < -0.4 is 10.8 Å². The van der Waals surface area contributed by atoms with E-state index in [1.807, 2.05) is 27.7 Å². The maximum Gasteiger partial charge on any atom is 0.497 e. The molecule has 1 aromatic rings. The summed E-state index contributed by atoms with van der Waals surface area (Å²) < 4.78 is 46.6. The Kier molecular flexibility index (Phi) is 6.34. The summed E-state index contributed by atoms with van der Waals surface area (Å²) in [6.07, 6.45) is -0.0954. The lowest BCUT2D eigenvalue weighted by Gasteiger charge is -2.32.